The number of rotatable bonds is 2. The number of morpholine rings is 1. The van der Waals surface area contributed by atoms with Crippen LogP contribution in [0.3, 0.4) is 0 Å². The Labute approximate surface area is 129 Å². The Balaban J connectivity index is 1.56. The number of hydrogen-bond acceptors (Lipinski definition) is 6. The first kappa shape index (κ1) is 13.5. The normalized spacial score (nSPS) is 18.2. The molecule has 2 aromatic rings. The predicted octanol–water partition coefficient (Wildman–Crippen LogP) is 1.27. The summed E-state index contributed by atoms with van der Waals surface area (Å²) < 4.78 is 5.38. The molecule has 6 heteroatoms. The highest BCUT2D eigenvalue weighted by atomic mass is 16.5. The summed E-state index contributed by atoms with van der Waals surface area (Å²) in [7, 11) is 0. The van der Waals surface area contributed by atoms with Crippen LogP contribution >= 0.6 is 0 Å². The molecule has 0 aliphatic carbocycles. The van der Waals surface area contributed by atoms with Crippen molar-refractivity contribution in [2.24, 2.45) is 0 Å². The predicted molar refractivity (Wildman–Crippen MR) is 84.1 cm³/mol. The highest BCUT2D eigenvalue weighted by Crippen LogP contribution is 2.23. The molecule has 0 unspecified atom stereocenters. The highest BCUT2D eigenvalue weighted by Gasteiger charge is 2.20. The van der Waals surface area contributed by atoms with Crippen molar-refractivity contribution in [3.05, 3.63) is 41.6 Å². The lowest BCUT2D eigenvalue weighted by Gasteiger charge is -2.31. The molecule has 2 aliphatic heterocycles. The third-order valence-electron chi connectivity index (χ3n) is 4.28. The number of anilines is 2. The summed E-state index contributed by atoms with van der Waals surface area (Å²) in [5, 5.41) is 8.34. The first-order chi connectivity index (χ1) is 10.9. The monoisotopic (exact) mass is 297 g/mol. The van der Waals surface area contributed by atoms with E-state index in [0.717, 1.165) is 51.6 Å². The SMILES string of the molecule is c1ccc2c(c1)CCN(c1cnnc(N3CCOCC3)n1)C2. The largest absolute Gasteiger partial charge is 0.378 e. The minimum atomic E-state index is 0.708. The second-order valence-corrected chi connectivity index (χ2v) is 5.65. The number of fused-ring (bicyclic) bond motifs is 1. The van der Waals surface area contributed by atoms with Crippen molar-refractivity contribution in [2.75, 3.05) is 42.6 Å². The lowest BCUT2D eigenvalue weighted by atomic mass is 10.0. The fourth-order valence-corrected chi connectivity index (χ4v) is 3.03. The van der Waals surface area contributed by atoms with Gasteiger partial charge in [-0.1, -0.05) is 24.3 Å². The summed E-state index contributed by atoms with van der Waals surface area (Å²) >= 11 is 0. The van der Waals surface area contributed by atoms with Crippen LogP contribution in [0.25, 0.3) is 0 Å². The van der Waals surface area contributed by atoms with E-state index in [1.165, 1.54) is 11.1 Å². The second-order valence-electron chi connectivity index (χ2n) is 5.65. The number of hydrogen-bond donors (Lipinski definition) is 0. The van der Waals surface area contributed by atoms with Gasteiger partial charge in [0, 0.05) is 26.2 Å². The fraction of sp³-hybridized carbons (Fsp3) is 0.438. The second kappa shape index (κ2) is 5.88. The molecule has 2 aliphatic rings. The first-order valence-corrected chi connectivity index (χ1v) is 7.74. The number of benzene rings is 1. The standard InChI is InChI=1S/C16H19N5O/c1-2-4-14-12-21(6-5-13(14)3-1)15-11-17-19-16(18-15)20-7-9-22-10-8-20/h1-4,11H,5-10,12H2. The average molecular weight is 297 g/mol. The van der Waals surface area contributed by atoms with Gasteiger partial charge in [0.15, 0.2) is 5.82 Å². The molecule has 0 amide bonds. The van der Waals surface area contributed by atoms with Crippen LogP contribution in [0.15, 0.2) is 30.5 Å². The van der Waals surface area contributed by atoms with E-state index in [4.69, 9.17) is 9.72 Å². The quantitative estimate of drug-likeness (QED) is 0.832. The number of ether oxygens (including phenoxy) is 1. The fourth-order valence-electron chi connectivity index (χ4n) is 3.03. The Morgan fingerprint density at radius 1 is 0.955 bits per heavy atom. The molecular weight excluding hydrogens is 278 g/mol. The molecular formula is C16H19N5O. The molecule has 0 N–H and O–H groups in total. The number of aromatic nitrogens is 3. The van der Waals surface area contributed by atoms with E-state index < -0.39 is 0 Å². The van der Waals surface area contributed by atoms with Crippen LogP contribution in [0.2, 0.25) is 0 Å². The Kier molecular flexibility index (Phi) is 3.60. The van der Waals surface area contributed by atoms with Crippen LogP contribution < -0.4 is 9.80 Å². The zero-order valence-electron chi connectivity index (χ0n) is 12.5. The van der Waals surface area contributed by atoms with Crippen molar-refractivity contribution in [3.63, 3.8) is 0 Å². The Bertz CT molecular complexity index is 656. The molecule has 6 nitrogen and oxygen atoms in total. The third kappa shape index (κ3) is 2.62. The van der Waals surface area contributed by atoms with Gasteiger partial charge in [-0.25, -0.2) is 0 Å². The molecule has 0 spiro atoms. The summed E-state index contributed by atoms with van der Waals surface area (Å²) in [6, 6.07) is 8.61. The molecule has 0 bridgehead atoms. The van der Waals surface area contributed by atoms with Crippen LogP contribution in [-0.4, -0.2) is 48.0 Å². The summed E-state index contributed by atoms with van der Waals surface area (Å²) in [6.07, 6.45) is 2.81. The molecule has 1 aromatic heterocycles. The minimum absolute atomic E-state index is 0.708. The number of nitrogens with zero attached hydrogens (tertiary/aromatic N) is 5. The summed E-state index contributed by atoms with van der Waals surface area (Å²) in [6.45, 7) is 4.97. The summed E-state index contributed by atoms with van der Waals surface area (Å²) in [4.78, 5) is 9.13. The van der Waals surface area contributed by atoms with Gasteiger partial charge in [0.25, 0.3) is 0 Å². The lowest BCUT2D eigenvalue weighted by Crippen LogP contribution is -2.38. The van der Waals surface area contributed by atoms with E-state index in [-0.39, 0.29) is 0 Å². The summed E-state index contributed by atoms with van der Waals surface area (Å²) in [5.74, 6) is 1.62. The molecule has 1 aromatic carbocycles. The van der Waals surface area contributed by atoms with Gasteiger partial charge in [0.1, 0.15) is 0 Å². The van der Waals surface area contributed by atoms with E-state index >= 15 is 0 Å². The van der Waals surface area contributed by atoms with E-state index in [9.17, 15) is 0 Å². The van der Waals surface area contributed by atoms with Gasteiger partial charge >= 0.3 is 0 Å². The molecule has 3 heterocycles. The van der Waals surface area contributed by atoms with Crippen molar-refractivity contribution >= 4 is 11.8 Å². The maximum absolute atomic E-state index is 5.38. The summed E-state index contributed by atoms with van der Waals surface area (Å²) in [5.41, 5.74) is 2.81. The van der Waals surface area contributed by atoms with Crippen LogP contribution in [0.1, 0.15) is 11.1 Å². The van der Waals surface area contributed by atoms with Crippen LogP contribution in [0, 0.1) is 0 Å². The molecule has 4 rings (SSSR count). The average Bonchev–Trinajstić information content (AvgIpc) is 2.62. The van der Waals surface area contributed by atoms with Gasteiger partial charge in [0.05, 0.1) is 19.4 Å². The van der Waals surface area contributed by atoms with Crippen molar-refractivity contribution in [1.29, 1.82) is 0 Å². The van der Waals surface area contributed by atoms with Crippen molar-refractivity contribution < 1.29 is 4.74 Å². The smallest absolute Gasteiger partial charge is 0.247 e. The maximum atomic E-state index is 5.38. The van der Waals surface area contributed by atoms with E-state index in [0.29, 0.717) is 5.95 Å². The molecule has 0 atom stereocenters. The Hall–Kier alpha value is -2.21. The Morgan fingerprint density at radius 2 is 1.77 bits per heavy atom. The lowest BCUT2D eigenvalue weighted by molar-refractivity contribution is 0.122. The molecule has 0 radical (unpaired) electrons. The Morgan fingerprint density at radius 3 is 2.64 bits per heavy atom. The minimum Gasteiger partial charge on any atom is -0.378 e. The van der Waals surface area contributed by atoms with Crippen LogP contribution in [-0.2, 0) is 17.7 Å². The van der Waals surface area contributed by atoms with E-state index in [2.05, 4.69) is 44.3 Å². The van der Waals surface area contributed by atoms with E-state index in [1.807, 2.05) is 0 Å². The third-order valence-corrected chi connectivity index (χ3v) is 4.28. The molecule has 0 saturated carbocycles. The topological polar surface area (TPSA) is 54.4 Å². The maximum Gasteiger partial charge on any atom is 0.247 e. The molecule has 1 saturated heterocycles. The van der Waals surface area contributed by atoms with Gasteiger partial charge in [-0.3, -0.25) is 0 Å². The van der Waals surface area contributed by atoms with Crippen LogP contribution in [0.5, 0.6) is 0 Å². The van der Waals surface area contributed by atoms with Gasteiger partial charge in [0.2, 0.25) is 5.95 Å². The molecule has 1 fully saturated rings. The first-order valence-electron chi connectivity index (χ1n) is 7.74. The molecule has 114 valence electrons. The van der Waals surface area contributed by atoms with Crippen LogP contribution in [0.4, 0.5) is 11.8 Å². The van der Waals surface area contributed by atoms with Gasteiger partial charge in [-0.2, -0.15) is 10.1 Å². The van der Waals surface area contributed by atoms with Gasteiger partial charge in [-0.15, -0.1) is 5.10 Å². The van der Waals surface area contributed by atoms with Crippen molar-refractivity contribution in [1.82, 2.24) is 15.2 Å². The molecule has 22 heavy (non-hydrogen) atoms. The van der Waals surface area contributed by atoms with Crippen molar-refractivity contribution in [3.8, 4) is 0 Å². The van der Waals surface area contributed by atoms with E-state index in [1.54, 1.807) is 6.20 Å². The van der Waals surface area contributed by atoms with Gasteiger partial charge < -0.3 is 14.5 Å². The highest BCUT2D eigenvalue weighted by molar-refractivity contribution is 5.45. The van der Waals surface area contributed by atoms with Gasteiger partial charge in [-0.05, 0) is 17.5 Å². The zero-order chi connectivity index (χ0) is 14.8. The van der Waals surface area contributed by atoms with Crippen molar-refractivity contribution in [2.45, 2.75) is 13.0 Å². The zero-order valence-corrected chi connectivity index (χ0v) is 12.5.